The van der Waals surface area contributed by atoms with Gasteiger partial charge >= 0.3 is 0 Å². The van der Waals surface area contributed by atoms with Crippen LogP contribution in [0.3, 0.4) is 0 Å². The Hall–Kier alpha value is -1.69. The Morgan fingerprint density at radius 2 is 1.88 bits per heavy atom. The summed E-state index contributed by atoms with van der Waals surface area (Å²) >= 11 is 0. The largest absolute Gasteiger partial charge is 0.329 e. The highest BCUT2D eigenvalue weighted by Gasteiger charge is 2.26. The number of nitrogens with one attached hydrogen (secondary N) is 1. The quantitative estimate of drug-likeness (QED) is 0.902. The molecule has 0 amide bonds. The third kappa shape index (κ3) is 3.69. The van der Waals surface area contributed by atoms with Gasteiger partial charge in [-0.3, -0.25) is 9.80 Å². The standard InChI is InChI=1S/C19H27N5/c1-2-4-17(5-3-1)15-24-9-8-21-19(24)16-22-10-12-23(13-11-22)18-6-7-20-14-18/h1-5,8-9,18,20H,6-7,10-16H2/t18-/m1/s1. The van der Waals surface area contributed by atoms with Crippen molar-refractivity contribution in [1.29, 1.82) is 0 Å². The average molecular weight is 325 g/mol. The normalized spacial score (nSPS) is 22.9. The summed E-state index contributed by atoms with van der Waals surface area (Å²) in [6.07, 6.45) is 5.34. The molecule has 2 aliphatic heterocycles. The Labute approximate surface area is 144 Å². The molecule has 3 heterocycles. The molecule has 5 nitrogen and oxygen atoms in total. The second-order valence-electron chi connectivity index (χ2n) is 6.92. The van der Waals surface area contributed by atoms with Crippen LogP contribution in [0.25, 0.3) is 0 Å². The zero-order valence-electron chi connectivity index (χ0n) is 14.3. The van der Waals surface area contributed by atoms with Crippen molar-refractivity contribution in [3.05, 3.63) is 54.1 Å². The Morgan fingerprint density at radius 3 is 2.62 bits per heavy atom. The molecule has 0 saturated carbocycles. The summed E-state index contributed by atoms with van der Waals surface area (Å²) in [6, 6.07) is 11.4. The smallest absolute Gasteiger partial charge is 0.123 e. The summed E-state index contributed by atoms with van der Waals surface area (Å²) in [4.78, 5) is 9.80. The SMILES string of the molecule is c1ccc(Cn2ccnc2CN2CCN([C@@H]3CCNC3)CC2)cc1. The summed E-state index contributed by atoms with van der Waals surface area (Å²) in [5, 5.41) is 3.48. The third-order valence-electron chi connectivity index (χ3n) is 5.32. The van der Waals surface area contributed by atoms with Crippen molar-refractivity contribution in [1.82, 2.24) is 24.7 Å². The van der Waals surface area contributed by atoms with E-state index in [1.54, 1.807) is 0 Å². The highest BCUT2D eigenvalue weighted by Crippen LogP contribution is 2.14. The number of piperazine rings is 1. The van der Waals surface area contributed by atoms with Crippen LogP contribution >= 0.6 is 0 Å². The average Bonchev–Trinajstić information content (AvgIpc) is 3.29. The summed E-state index contributed by atoms with van der Waals surface area (Å²) in [5.41, 5.74) is 1.33. The molecule has 1 aromatic carbocycles. The van der Waals surface area contributed by atoms with Gasteiger partial charge < -0.3 is 9.88 Å². The van der Waals surface area contributed by atoms with Gasteiger partial charge in [-0.05, 0) is 18.5 Å². The molecule has 2 fully saturated rings. The summed E-state index contributed by atoms with van der Waals surface area (Å²) < 4.78 is 2.28. The topological polar surface area (TPSA) is 36.3 Å². The first-order valence-electron chi connectivity index (χ1n) is 9.09. The lowest BCUT2D eigenvalue weighted by Gasteiger charge is -2.37. The molecule has 2 aliphatic rings. The van der Waals surface area contributed by atoms with Crippen LogP contribution < -0.4 is 5.32 Å². The molecule has 4 rings (SSSR count). The second kappa shape index (κ2) is 7.47. The molecule has 2 aromatic rings. The van der Waals surface area contributed by atoms with Crippen LogP contribution in [0.5, 0.6) is 0 Å². The summed E-state index contributed by atoms with van der Waals surface area (Å²) in [5.74, 6) is 1.18. The van der Waals surface area contributed by atoms with Crippen LogP contribution in [0.1, 0.15) is 17.8 Å². The van der Waals surface area contributed by atoms with E-state index in [0.29, 0.717) is 0 Å². The molecule has 1 aromatic heterocycles. The minimum atomic E-state index is 0.757. The molecule has 1 atom stereocenters. The number of rotatable bonds is 5. The molecule has 128 valence electrons. The van der Waals surface area contributed by atoms with Gasteiger partial charge in [0.15, 0.2) is 0 Å². The fraction of sp³-hybridized carbons (Fsp3) is 0.526. The van der Waals surface area contributed by atoms with Gasteiger partial charge in [0.1, 0.15) is 5.82 Å². The number of benzene rings is 1. The van der Waals surface area contributed by atoms with Crippen LogP contribution in [-0.2, 0) is 13.1 Å². The molecule has 1 N–H and O–H groups in total. The molecule has 2 saturated heterocycles. The minimum absolute atomic E-state index is 0.757. The van der Waals surface area contributed by atoms with Crippen molar-refractivity contribution in [2.45, 2.75) is 25.6 Å². The van der Waals surface area contributed by atoms with Crippen LogP contribution in [0, 0.1) is 0 Å². The lowest BCUT2D eigenvalue weighted by molar-refractivity contribution is 0.0958. The molecule has 0 bridgehead atoms. The zero-order valence-corrected chi connectivity index (χ0v) is 14.3. The molecule has 0 radical (unpaired) electrons. The molecule has 24 heavy (non-hydrogen) atoms. The van der Waals surface area contributed by atoms with Crippen molar-refractivity contribution in [2.75, 3.05) is 39.3 Å². The number of nitrogens with zero attached hydrogens (tertiary/aromatic N) is 4. The highest BCUT2D eigenvalue weighted by molar-refractivity contribution is 5.15. The van der Waals surface area contributed by atoms with Gasteiger partial charge in [-0.25, -0.2) is 4.98 Å². The molecular formula is C19H27N5. The molecule has 0 spiro atoms. The maximum atomic E-state index is 4.60. The van der Waals surface area contributed by atoms with Crippen molar-refractivity contribution in [3.63, 3.8) is 0 Å². The highest BCUT2D eigenvalue weighted by atomic mass is 15.3. The maximum absolute atomic E-state index is 4.60. The van der Waals surface area contributed by atoms with E-state index in [4.69, 9.17) is 0 Å². The lowest BCUT2D eigenvalue weighted by atomic mass is 10.2. The van der Waals surface area contributed by atoms with Crippen molar-refractivity contribution in [2.24, 2.45) is 0 Å². The Kier molecular flexibility index (Phi) is 4.92. The molecule has 0 aliphatic carbocycles. The van der Waals surface area contributed by atoms with Crippen molar-refractivity contribution >= 4 is 0 Å². The summed E-state index contributed by atoms with van der Waals surface area (Å²) in [7, 11) is 0. The van der Waals surface area contributed by atoms with Gasteiger partial charge in [0, 0.05) is 57.7 Å². The monoisotopic (exact) mass is 325 g/mol. The van der Waals surface area contributed by atoms with Crippen LogP contribution in [-0.4, -0.2) is 64.7 Å². The number of hydrogen-bond acceptors (Lipinski definition) is 4. The Morgan fingerprint density at radius 1 is 1.04 bits per heavy atom. The zero-order chi connectivity index (χ0) is 16.2. The minimum Gasteiger partial charge on any atom is -0.329 e. The van der Waals surface area contributed by atoms with Crippen molar-refractivity contribution < 1.29 is 0 Å². The van der Waals surface area contributed by atoms with Gasteiger partial charge in [0.25, 0.3) is 0 Å². The van der Waals surface area contributed by atoms with E-state index in [1.807, 2.05) is 6.20 Å². The van der Waals surface area contributed by atoms with Crippen molar-refractivity contribution in [3.8, 4) is 0 Å². The van der Waals surface area contributed by atoms with E-state index in [9.17, 15) is 0 Å². The lowest BCUT2D eigenvalue weighted by Crippen LogP contribution is -2.50. The van der Waals surface area contributed by atoms with E-state index >= 15 is 0 Å². The Balaban J connectivity index is 1.33. The predicted octanol–water partition coefficient (Wildman–Crippen LogP) is 1.41. The van der Waals surface area contributed by atoms with E-state index in [-0.39, 0.29) is 0 Å². The number of imidazole rings is 1. The van der Waals surface area contributed by atoms with Crippen LogP contribution in [0.2, 0.25) is 0 Å². The molecule has 5 heteroatoms. The predicted molar refractivity (Wildman–Crippen MR) is 95.9 cm³/mol. The first kappa shape index (κ1) is 15.8. The van der Waals surface area contributed by atoms with Gasteiger partial charge in [-0.2, -0.15) is 0 Å². The van der Waals surface area contributed by atoms with Gasteiger partial charge in [0.05, 0.1) is 6.54 Å². The van der Waals surface area contributed by atoms with Gasteiger partial charge in [-0.1, -0.05) is 30.3 Å². The number of aromatic nitrogens is 2. The second-order valence-corrected chi connectivity index (χ2v) is 6.92. The van der Waals surface area contributed by atoms with E-state index in [1.165, 1.54) is 44.0 Å². The molecular weight excluding hydrogens is 298 g/mol. The van der Waals surface area contributed by atoms with Crippen LogP contribution in [0.4, 0.5) is 0 Å². The molecule has 0 unspecified atom stereocenters. The summed E-state index contributed by atoms with van der Waals surface area (Å²) in [6.45, 7) is 8.88. The maximum Gasteiger partial charge on any atom is 0.123 e. The first-order chi connectivity index (χ1) is 11.9. The van der Waals surface area contributed by atoms with E-state index in [2.05, 4.69) is 61.2 Å². The van der Waals surface area contributed by atoms with Gasteiger partial charge in [0.2, 0.25) is 0 Å². The fourth-order valence-corrected chi connectivity index (χ4v) is 3.85. The third-order valence-corrected chi connectivity index (χ3v) is 5.32. The van der Waals surface area contributed by atoms with Gasteiger partial charge in [-0.15, -0.1) is 0 Å². The van der Waals surface area contributed by atoms with E-state index < -0.39 is 0 Å². The number of hydrogen-bond donors (Lipinski definition) is 1. The first-order valence-corrected chi connectivity index (χ1v) is 9.09. The fourth-order valence-electron chi connectivity index (χ4n) is 3.85. The Bertz CT molecular complexity index is 624. The van der Waals surface area contributed by atoms with Crippen LogP contribution in [0.15, 0.2) is 42.7 Å². The van der Waals surface area contributed by atoms with E-state index in [0.717, 1.165) is 32.2 Å².